The van der Waals surface area contributed by atoms with Crippen LogP contribution in [0.4, 0.5) is 0 Å². The molecule has 13 heavy (non-hydrogen) atoms. The molecule has 0 aromatic carbocycles. The molecule has 2 heterocycles. The number of hydrogen-bond donors (Lipinski definition) is 1. The zero-order valence-corrected chi connectivity index (χ0v) is 8.81. The largest absolute Gasteiger partial charge is 0.316 e. The van der Waals surface area contributed by atoms with Gasteiger partial charge in [0, 0.05) is 25.0 Å². The van der Waals surface area contributed by atoms with Crippen LogP contribution in [0.2, 0.25) is 0 Å². The van der Waals surface area contributed by atoms with E-state index < -0.39 is 0 Å². The molecule has 0 aromatic heterocycles. The van der Waals surface area contributed by atoms with Crippen molar-refractivity contribution >= 4 is 0 Å². The van der Waals surface area contributed by atoms with Crippen molar-refractivity contribution in [3.63, 3.8) is 0 Å². The minimum atomic E-state index is 0.686. The lowest BCUT2D eigenvalue weighted by atomic mass is 9.74. The zero-order valence-electron chi connectivity index (χ0n) is 8.81. The van der Waals surface area contributed by atoms with Gasteiger partial charge in [0.15, 0.2) is 0 Å². The Balaban J connectivity index is 1.69. The molecule has 0 aliphatic carbocycles. The highest BCUT2D eigenvalue weighted by molar-refractivity contribution is 4.98. The van der Waals surface area contributed by atoms with Crippen LogP contribution in [0, 0.1) is 5.41 Å². The van der Waals surface area contributed by atoms with Gasteiger partial charge in [-0.3, -0.25) is 0 Å². The predicted molar refractivity (Wildman–Crippen MR) is 55.9 cm³/mol. The minimum absolute atomic E-state index is 0.686. The smallest absolute Gasteiger partial charge is 0.00827 e. The van der Waals surface area contributed by atoms with Crippen molar-refractivity contribution in [3.05, 3.63) is 0 Å². The van der Waals surface area contributed by atoms with Crippen LogP contribution in [0.15, 0.2) is 0 Å². The molecule has 2 fully saturated rings. The molecule has 0 aromatic rings. The summed E-state index contributed by atoms with van der Waals surface area (Å²) in [4.78, 5) is 2.62. The molecule has 2 nitrogen and oxygen atoms in total. The molecule has 76 valence electrons. The summed E-state index contributed by atoms with van der Waals surface area (Å²) >= 11 is 0. The molecule has 2 saturated heterocycles. The van der Waals surface area contributed by atoms with Crippen molar-refractivity contribution in [3.8, 4) is 0 Å². The maximum absolute atomic E-state index is 3.53. The van der Waals surface area contributed by atoms with Crippen LogP contribution < -0.4 is 5.32 Å². The van der Waals surface area contributed by atoms with E-state index in [2.05, 4.69) is 17.1 Å². The maximum Gasteiger partial charge on any atom is 0.00827 e. The van der Waals surface area contributed by atoms with Crippen LogP contribution >= 0.6 is 0 Å². The Morgan fingerprint density at radius 1 is 1.38 bits per heavy atom. The van der Waals surface area contributed by atoms with Crippen LogP contribution in [0.5, 0.6) is 0 Å². The lowest BCUT2D eigenvalue weighted by Gasteiger charge is -2.52. The van der Waals surface area contributed by atoms with E-state index >= 15 is 0 Å². The molecule has 2 aliphatic rings. The number of piperidine rings is 1. The van der Waals surface area contributed by atoms with E-state index in [0.29, 0.717) is 5.41 Å². The minimum Gasteiger partial charge on any atom is -0.316 e. The van der Waals surface area contributed by atoms with Gasteiger partial charge in [0.05, 0.1) is 0 Å². The van der Waals surface area contributed by atoms with Crippen molar-refractivity contribution in [2.24, 2.45) is 5.41 Å². The van der Waals surface area contributed by atoms with Crippen LogP contribution in [0.25, 0.3) is 0 Å². The van der Waals surface area contributed by atoms with Crippen molar-refractivity contribution in [1.82, 2.24) is 10.2 Å². The fourth-order valence-electron chi connectivity index (χ4n) is 2.74. The molecule has 0 saturated carbocycles. The number of likely N-dealkylation sites (tertiary alicyclic amines) is 1. The van der Waals surface area contributed by atoms with E-state index in [1.54, 1.807) is 0 Å². The maximum atomic E-state index is 3.53. The highest BCUT2D eigenvalue weighted by atomic mass is 15.2. The highest BCUT2D eigenvalue weighted by Crippen LogP contribution is 2.36. The average molecular weight is 182 g/mol. The molecule has 0 amide bonds. The zero-order chi connectivity index (χ0) is 9.15. The third kappa shape index (κ3) is 2.05. The van der Waals surface area contributed by atoms with E-state index in [4.69, 9.17) is 0 Å². The van der Waals surface area contributed by atoms with E-state index in [1.165, 1.54) is 58.4 Å². The second-order valence-corrected chi connectivity index (χ2v) is 4.84. The molecule has 0 atom stereocenters. The van der Waals surface area contributed by atoms with Gasteiger partial charge in [0.25, 0.3) is 0 Å². The summed E-state index contributed by atoms with van der Waals surface area (Å²) < 4.78 is 0. The van der Waals surface area contributed by atoms with Crippen LogP contribution in [-0.2, 0) is 0 Å². The summed E-state index contributed by atoms with van der Waals surface area (Å²) in [5.74, 6) is 0. The summed E-state index contributed by atoms with van der Waals surface area (Å²) in [5.41, 5.74) is 0.686. The molecule has 1 spiro atoms. The van der Waals surface area contributed by atoms with Crippen molar-refractivity contribution in [1.29, 1.82) is 0 Å². The van der Waals surface area contributed by atoms with Crippen LogP contribution in [-0.4, -0.2) is 37.6 Å². The molecule has 0 radical (unpaired) electrons. The number of rotatable bonds is 3. The Labute approximate surface area is 81.7 Å². The molecule has 2 aliphatic heterocycles. The molecular formula is C11H22N2. The van der Waals surface area contributed by atoms with Gasteiger partial charge in [0.1, 0.15) is 0 Å². The topological polar surface area (TPSA) is 15.3 Å². The number of hydrogen-bond acceptors (Lipinski definition) is 2. The van der Waals surface area contributed by atoms with E-state index in [-0.39, 0.29) is 0 Å². The Hall–Kier alpha value is -0.0800. The number of nitrogens with zero attached hydrogens (tertiary/aromatic N) is 1. The molecular weight excluding hydrogens is 160 g/mol. The van der Waals surface area contributed by atoms with Gasteiger partial charge < -0.3 is 10.2 Å². The van der Waals surface area contributed by atoms with E-state index in [9.17, 15) is 0 Å². The SMILES string of the molecule is CCCCN1CC2(CCCNC2)C1. The van der Waals surface area contributed by atoms with Crippen molar-refractivity contribution in [2.45, 2.75) is 32.6 Å². The lowest BCUT2D eigenvalue weighted by Crippen LogP contribution is -2.62. The number of unbranched alkanes of at least 4 members (excludes halogenated alkanes) is 1. The third-order valence-electron chi connectivity index (χ3n) is 3.51. The quantitative estimate of drug-likeness (QED) is 0.711. The van der Waals surface area contributed by atoms with Gasteiger partial charge in [-0.05, 0) is 32.4 Å². The first-order valence-corrected chi connectivity index (χ1v) is 5.78. The monoisotopic (exact) mass is 182 g/mol. The molecule has 2 rings (SSSR count). The summed E-state index contributed by atoms with van der Waals surface area (Å²) in [6, 6.07) is 0. The van der Waals surface area contributed by atoms with Gasteiger partial charge in [-0.2, -0.15) is 0 Å². The third-order valence-corrected chi connectivity index (χ3v) is 3.51. The Kier molecular flexibility index (Phi) is 2.89. The Morgan fingerprint density at radius 3 is 2.85 bits per heavy atom. The first-order chi connectivity index (χ1) is 6.35. The molecule has 0 bridgehead atoms. The van der Waals surface area contributed by atoms with Crippen LogP contribution in [0.3, 0.4) is 0 Å². The molecule has 1 N–H and O–H groups in total. The molecule has 2 heteroatoms. The van der Waals surface area contributed by atoms with Gasteiger partial charge in [-0.15, -0.1) is 0 Å². The fourth-order valence-corrected chi connectivity index (χ4v) is 2.74. The Bertz CT molecular complexity index is 153. The predicted octanol–water partition coefficient (Wildman–Crippen LogP) is 1.47. The summed E-state index contributed by atoms with van der Waals surface area (Å²) in [6.07, 6.45) is 5.56. The van der Waals surface area contributed by atoms with Gasteiger partial charge >= 0.3 is 0 Å². The van der Waals surface area contributed by atoms with E-state index in [1.807, 2.05) is 0 Å². The Morgan fingerprint density at radius 2 is 2.23 bits per heavy atom. The normalized spacial score (nSPS) is 27.5. The standard InChI is InChI=1S/C11H22N2/c1-2-3-7-13-9-11(10-13)5-4-6-12-8-11/h12H,2-10H2,1H3. The fraction of sp³-hybridized carbons (Fsp3) is 1.00. The van der Waals surface area contributed by atoms with Crippen molar-refractivity contribution in [2.75, 3.05) is 32.7 Å². The average Bonchev–Trinajstić information content (AvgIpc) is 2.13. The highest BCUT2D eigenvalue weighted by Gasteiger charge is 2.42. The summed E-state index contributed by atoms with van der Waals surface area (Å²) in [5, 5.41) is 3.53. The number of nitrogens with one attached hydrogen (secondary N) is 1. The van der Waals surface area contributed by atoms with Gasteiger partial charge in [0.2, 0.25) is 0 Å². The summed E-state index contributed by atoms with van der Waals surface area (Å²) in [6.45, 7) is 8.85. The first kappa shape index (κ1) is 9.47. The lowest BCUT2D eigenvalue weighted by molar-refractivity contribution is -0.0177. The van der Waals surface area contributed by atoms with Gasteiger partial charge in [-0.25, -0.2) is 0 Å². The second-order valence-electron chi connectivity index (χ2n) is 4.84. The second kappa shape index (κ2) is 3.97. The van der Waals surface area contributed by atoms with Crippen LogP contribution in [0.1, 0.15) is 32.6 Å². The molecule has 0 unspecified atom stereocenters. The van der Waals surface area contributed by atoms with Gasteiger partial charge in [-0.1, -0.05) is 13.3 Å². The van der Waals surface area contributed by atoms with Crippen molar-refractivity contribution < 1.29 is 0 Å². The summed E-state index contributed by atoms with van der Waals surface area (Å²) in [7, 11) is 0. The van der Waals surface area contributed by atoms with E-state index in [0.717, 1.165) is 0 Å². The first-order valence-electron chi connectivity index (χ1n) is 5.78.